The first kappa shape index (κ1) is 20.1. The number of rotatable bonds is 10. The van der Waals surface area contributed by atoms with Crippen LogP contribution in [0, 0.1) is 5.92 Å². The van der Waals surface area contributed by atoms with Gasteiger partial charge in [-0.3, -0.25) is 4.79 Å². The number of benzene rings is 2. The summed E-state index contributed by atoms with van der Waals surface area (Å²) in [6, 6.07) is 14.4. The van der Waals surface area contributed by atoms with Gasteiger partial charge in [-0.25, -0.2) is 0 Å². The lowest BCUT2D eigenvalue weighted by molar-refractivity contribution is -0.121. The summed E-state index contributed by atoms with van der Waals surface area (Å²) in [5.41, 5.74) is 2.25. The molecule has 150 valence electrons. The molecule has 1 amide bonds. The van der Waals surface area contributed by atoms with Gasteiger partial charge < -0.3 is 19.5 Å². The Morgan fingerprint density at radius 1 is 1.00 bits per heavy atom. The van der Waals surface area contributed by atoms with E-state index in [4.69, 9.17) is 14.2 Å². The highest BCUT2D eigenvalue weighted by Crippen LogP contribution is 2.38. The molecule has 0 aromatic heterocycles. The van der Waals surface area contributed by atoms with Crippen molar-refractivity contribution in [3.63, 3.8) is 0 Å². The lowest BCUT2D eigenvalue weighted by atomic mass is 10.0. The maximum atomic E-state index is 12.6. The van der Waals surface area contributed by atoms with Gasteiger partial charge in [0.15, 0.2) is 11.5 Å². The number of nitrogens with one attached hydrogen (secondary N) is 1. The molecule has 2 aromatic carbocycles. The van der Waals surface area contributed by atoms with Gasteiger partial charge in [0, 0.05) is 12.5 Å². The number of methoxy groups -OCH3 is 3. The lowest BCUT2D eigenvalue weighted by Crippen LogP contribution is -2.38. The van der Waals surface area contributed by atoms with Crippen LogP contribution in [0.5, 0.6) is 17.2 Å². The maximum absolute atomic E-state index is 12.6. The smallest absolute Gasteiger partial charge is 0.220 e. The highest BCUT2D eigenvalue weighted by molar-refractivity contribution is 5.76. The van der Waals surface area contributed by atoms with Crippen molar-refractivity contribution in [3.8, 4) is 17.2 Å². The Bertz CT molecular complexity index is 761. The van der Waals surface area contributed by atoms with E-state index in [-0.39, 0.29) is 11.9 Å². The minimum Gasteiger partial charge on any atom is -0.493 e. The molecule has 3 rings (SSSR count). The van der Waals surface area contributed by atoms with Gasteiger partial charge in [0.2, 0.25) is 11.7 Å². The molecule has 2 aromatic rings. The van der Waals surface area contributed by atoms with E-state index in [1.165, 1.54) is 18.4 Å². The molecular formula is C23H29NO4. The van der Waals surface area contributed by atoms with Crippen LogP contribution in [0.2, 0.25) is 0 Å². The minimum absolute atomic E-state index is 0.0848. The van der Waals surface area contributed by atoms with Crippen LogP contribution < -0.4 is 19.5 Å². The average Bonchev–Trinajstić information content (AvgIpc) is 3.57. The number of ether oxygens (including phenoxy) is 3. The molecule has 0 aliphatic heterocycles. The Balaban J connectivity index is 1.60. The van der Waals surface area contributed by atoms with Crippen LogP contribution >= 0.6 is 0 Å². The Labute approximate surface area is 167 Å². The molecular weight excluding hydrogens is 354 g/mol. The fourth-order valence-corrected chi connectivity index (χ4v) is 3.52. The summed E-state index contributed by atoms with van der Waals surface area (Å²) in [5, 5.41) is 3.25. The van der Waals surface area contributed by atoms with E-state index in [0.717, 1.165) is 12.0 Å². The van der Waals surface area contributed by atoms with Crippen LogP contribution in [-0.2, 0) is 17.6 Å². The van der Waals surface area contributed by atoms with Gasteiger partial charge in [0.25, 0.3) is 0 Å². The van der Waals surface area contributed by atoms with Crippen LogP contribution in [0.1, 0.15) is 30.4 Å². The van der Waals surface area contributed by atoms with Gasteiger partial charge in [0.1, 0.15) is 0 Å². The van der Waals surface area contributed by atoms with Gasteiger partial charge in [-0.15, -0.1) is 0 Å². The van der Waals surface area contributed by atoms with Crippen LogP contribution in [0.4, 0.5) is 0 Å². The molecule has 0 saturated heterocycles. The van der Waals surface area contributed by atoms with Crippen molar-refractivity contribution in [3.05, 3.63) is 53.6 Å². The van der Waals surface area contributed by atoms with E-state index >= 15 is 0 Å². The second-order valence-corrected chi connectivity index (χ2v) is 7.23. The standard InChI is InChI=1S/C23H29NO4/c1-26-20-14-17(15-21(27-2)23(20)28-3)9-12-22(25)24-19(18-10-11-18)13-16-7-5-4-6-8-16/h4-8,14-15,18-19H,9-13H2,1-3H3,(H,24,25). The quantitative estimate of drug-likeness (QED) is 0.678. The monoisotopic (exact) mass is 383 g/mol. The van der Waals surface area contributed by atoms with Gasteiger partial charge in [-0.2, -0.15) is 0 Å². The van der Waals surface area contributed by atoms with Crippen molar-refractivity contribution in [2.24, 2.45) is 5.92 Å². The fraction of sp³-hybridized carbons (Fsp3) is 0.435. The largest absolute Gasteiger partial charge is 0.493 e. The zero-order chi connectivity index (χ0) is 19.9. The highest BCUT2D eigenvalue weighted by Gasteiger charge is 2.32. The summed E-state index contributed by atoms with van der Waals surface area (Å²) >= 11 is 0. The van der Waals surface area contributed by atoms with Gasteiger partial charge in [-0.05, 0) is 54.9 Å². The van der Waals surface area contributed by atoms with E-state index in [0.29, 0.717) is 36.0 Å². The molecule has 1 aliphatic carbocycles. The zero-order valence-electron chi connectivity index (χ0n) is 16.9. The van der Waals surface area contributed by atoms with Crippen molar-refractivity contribution in [1.29, 1.82) is 0 Å². The van der Waals surface area contributed by atoms with Crippen LogP contribution in [-0.4, -0.2) is 33.3 Å². The van der Waals surface area contributed by atoms with Gasteiger partial charge in [0.05, 0.1) is 21.3 Å². The predicted molar refractivity (Wildman–Crippen MR) is 109 cm³/mol. The van der Waals surface area contributed by atoms with E-state index < -0.39 is 0 Å². The average molecular weight is 383 g/mol. The minimum atomic E-state index is 0.0848. The number of aryl methyl sites for hydroxylation is 1. The fourth-order valence-electron chi connectivity index (χ4n) is 3.52. The summed E-state index contributed by atoms with van der Waals surface area (Å²) in [5.74, 6) is 2.47. The van der Waals surface area contributed by atoms with E-state index in [1.807, 2.05) is 30.3 Å². The molecule has 1 fully saturated rings. The molecule has 5 heteroatoms. The van der Waals surface area contributed by atoms with E-state index in [2.05, 4.69) is 17.4 Å². The number of hydrogen-bond donors (Lipinski definition) is 1. The normalized spacial score (nSPS) is 14.2. The summed E-state index contributed by atoms with van der Waals surface area (Å²) in [4.78, 5) is 12.6. The van der Waals surface area contributed by atoms with Crippen molar-refractivity contribution in [1.82, 2.24) is 5.32 Å². The zero-order valence-corrected chi connectivity index (χ0v) is 16.9. The molecule has 0 radical (unpaired) electrons. The van der Waals surface area contributed by atoms with E-state index in [1.54, 1.807) is 21.3 Å². The first-order chi connectivity index (χ1) is 13.6. The third-order valence-electron chi connectivity index (χ3n) is 5.20. The second-order valence-electron chi connectivity index (χ2n) is 7.23. The first-order valence-electron chi connectivity index (χ1n) is 9.76. The van der Waals surface area contributed by atoms with Crippen LogP contribution in [0.25, 0.3) is 0 Å². The maximum Gasteiger partial charge on any atom is 0.220 e. The molecule has 1 saturated carbocycles. The SMILES string of the molecule is COc1cc(CCC(=O)NC(Cc2ccccc2)C2CC2)cc(OC)c1OC. The van der Waals surface area contributed by atoms with Crippen molar-refractivity contribution in [2.75, 3.05) is 21.3 Å². The van der Waals surface area contributed by atoms with Gasteiger partial charge >= 0.3 is 0 Å². The highest BCUT2D eigenvalue weighted by atomic mass is 16.5. The van der Waals surface area contributed by atoms with Crippen molar-refractivity contribution in [2.45, 2.75) is 38.1 Å². The Hall–Kier alpha value is -2.69. The topological polar surface area (TPSA) is 56.8 Å². The number of amides is 1. The van der Waals surface area contributed by atoms with Crippen molar-refractivity contribution >= 4 is 5.91 Å². The Morgan fingerprint density at radius 3 is 2.18 bits per heavy atom. The van der Waals surface area contributed by atoms with Crippen LogP contribution in [0.15, 0.2) is 42.5 Å². The first-order valence-corrected chi connectivity index (χ1v) is 9.76. The van der Waals surface area contributed by atoms with E-state index in [9.17, 15) is 4.79 Å². The molecule has 1 unspecified atom stereocenters. The molecule has 0 spiro atoms. The summed E-state index contributed by atoms with van der Waals surface area (Å²) in [7, 11) is 4.77. The van der Waals surface area contributed by atoms with Crippen LogP contribution in [0.3, 0.4) is 0 Å². The Kier molecular flexibility index (Phi) is 6.80. The molecule has 1 N–H and O–H groups in total. The second kappa shape index (κ2) is 9.49. The summed E-state index contributed by atoms with van der Waals surface area (Å²) < 4.78 is 16.1. The third-order valence-corrected chi connectivity index (χ3v) is 5.20. The third kappa shape index (κ3) is 5.18. The summed E-state index contributed by atoms with van der Waals surface area (Å²) in [6.07, 6.45) is 4.33. The summed E-state index contributed by atoms with van der Waals surface area (Å²) in [6.45, 7) is 0. The predicted octanol–water partition coefficient (Wildman–Crippen LogP) is 3.78. The molecule has 0 heterocycles. The molecule has 5 nitrogen and oxygen atoms in total. The van der Waals surface area contributed by atoms with Gasteiger partial charge in [-0.1, -0.05) is 30.3 Å². The number of carbonyl (C=O) groups is 1. The number of carbonyl (C=O) groups excluding carboxylic acids is 1. The molecule has 28 heavy (non-hydrogen) atoms. The van der Waals surface area contributed by atoms with Crippen molar-refractivity contribution < 1.29 is 19.0 Å². The molecule has 1 atom stereocenters. The molecule has 1 aliphatic rings. The Morgan fingerprint density at radius 2 is 1.64 bits per heavy atom. The molecule has 0 bridgehead atoms. The lowest BCUT2D eigenvalue weighted by Gasteiger charge is -2.19. The number of hydrogen-bond acceptors (Lipinski definition) is 4.